The maximum atomic E-state index is 12.5. The molecule has 1 amide bonds. The first-order chi connectivity index (χ1) is 11.9. The minimum absolute atomic E-state index is 0.121. The van der Waals surface area contributed by atoms with Crippen LogP contribution in [-0.4, -0.2) is 26.2 Å². The molecule has 0 heterocycles. The third-order valence-electron chi connectivity index (χ3n) is 3.93. The third-order valence-corrected chi connectivity index (χ3v) is 4.24. The van der Waals surface area contributed by atoms with Crippen molar-refractivity contribution in [1.82, 2.24) is 5.32 Å². The summed E-state index contributed by atoms with van der Waals surface area (Å²) in [6.45, 7) is 6.80. The summed E-state index contributed by atoms with van der Waals surface area (Å²) >= 11 is 6.03. The fraction of sp³-hybridized carbons (Fsp3) is 0.350. The summed E-state index contributed by atoms with van der Waals surface area (Å²) in [6.07, 6.45) is 0. The van der Waals surface area contributed by atoms with Gasteiger partial charge in [0, 0.05) is 5.56 Å². The lowest BCUT2D eigenvalue weighted by Crippen LogP contribution is -2.28. The minimum atomic E-state index is -0.121. The van der Waals surface area contributed by atoms with Crippen LogP contribution < -0.4 is 14.8 Å². The summed E-state index contributed by atoms with van der Waals surface area (Å²) in [5, 5.41) is 3.44. The predicted molar refractivity (Wildman–Crippen MR) is 101 cm³/mol. The Balaban J connectivity index is 1.99. The van der Waals surface area contributed by atoms with Gasteiger partial charge in [-0.2, -0.15) is 0 Å². The summed E-state index contributed by atoms with van der Waals surface area (Å²) in [7, 11) is 1.65. The van der Waals surface area contributed by atoms with Gasteiger partial charge in [-0.15, -0.1) is 0 Å². The van der Waals surface area contributed by atoms with E-state index in [1.807, 2.05) is 31.2 Å². The van der Waals surface area contributed by atoms with Gasteiger partial charge in [-0.3, -0.25) is 4.79 Å². The molecule has 0 saturated carbocycles. The van der Waals surface area contributed by atoms with Crippen LogP contribution in [0.1, 0.15) is 41.3 Å². The number of hydrogen-bond donors (Lipinski definition) is 1. The van der Waals surface area contributed by atoms with E-state index in [1.54, 1.807) is 19.2 Å². The zero-order valence-electron chi connectivity index (χ0n) is 15.1. The Kier molecular flexibility index (Phi) is 6.71. The molecule has 0 fully saturated rings. The smallest absolute Gasteiger partial charge is 0.251 e. The van der Waals surface area contributed by atoms with E-state index in [0.29, 0.717) is 29.5 Å². The molecule has 2 aromatic rings. The minimum Gasteiger partial charge on any atom is -0.496 e. The van der Waals surface area contributed by atoms with E-state index < -0.39 is 0 Å². The van der Waals surface area contributed by atoms with Crippen molar-refractivity contribution < 1.29 is 14.3 Å². The van der Waals surface area contributed by atoms with Gasteiger partial charge in [0.25, 0.3) is 5.91 Å². The summed E-state index contributed by atoms with van der Waals surface area (Å²) in [6, 6.07) is 11.1. The van der Waals surface area contributed by atoms with Gasteiger partial charge in [-0.1, -0.05) is 37.6 Å². The van der Waals surface area contributed by atoms with E-state index in [4.69, 9.17) is 21.1 Å². The fourth-order valence-electron chi connectivity index (χ4n) is 2.55. The number of nitrogens with one attached hydrogen (secondary N) is 1. The number of ether oxygens (including phenoxy) is 2. The Morgan fingerprint density at radius 2 is 1.92 bits per heavy atom. The molecular formula is C20H24ClNO3. The molecule has 0 aliphatic rings. The van der Waals surface area contributed by atoms with Crippen molar-refractivity contribution in [3.63, 3.8) is 0 Å². The summed E-state index contributed by atoms with van der Waals surface area (Å²) < 4.78 is 11.0. The number of para-hydroxylation sites is 1. The lowest BCUT2D eigenvalue weighted by atomic mass is 9.96. The van der Waals surface area contributed by atoms with E-state index in [0.717, 1.165) is 16.9 Å². The molecule has 2 aromatic carbocycles. The van der Waals surface area contributed by atoms with E-state index in [9.17, 15) is 4.79 Å². The number of benzene rings is 2. The largest absolute Gasteiger partial charge is 0.496 e. The lowest BCUT2D eigenvalue weighted by molar-refractivity contribution is 0.0946. The Bertz CT molecular complexity index is 744. The number of methoxy groups -OCH3 is 1. The highest BCUT2D eigenvalue weighted by Crippen LogP contribution is 2.29. The number of amides is 1. The first kappa shape index (κ1) is 19.1. The molecule has 25 heavy (non-hydrogen) atoms. The second-order valence-electron chi connectivity index (χ2n) is 6.10. The highest BCUT2D eigenvalue weighted by atomic mass is 35.5. The molecule has 0 unspecified atom stereocenters. The monoisotopic (exact) mass is 361 g/mol. The normalized spacial score (nSPS) is 10.6. The number of rotatable bonds is 7. The second kappa shape index (κ2) is 8.77. The average molecular weight is 362 g/mol. The number of hydrogen-bond acceptors (Lipinski definition) is 3. The van der Waals surface area contributed by atoms with Crippen LogP contribution in [0.4, 0.5) is 0 Å². The average Bonchev–Trinajstić information content (AvgIpc) is 2.59. The molecular weight excluding hydrogens is 338 g/mol. The SMILES string of the molecule is COc1cc(C)c(C(=O)NCCOc2ccccc2Cl)cc1C(C)C. The lowest BCUT2D eigenvalue weighted by Gasteiger charge is -2.16. The maximum absolute atomic E-state index is 12.5. The van der Waals surface area contributed by atoms with Gasteiger partial charge in [0.15, 0.2) is 0 Å². The molecule has 0 atom stereocenters. The molecule has 0 spiro atoms. The highest BCUT2D eigenvalue weighted by Gasteiger charge is 2.15. The van der Waals surface area contributed by atoms with Crippen LogP contribution in [0.3, 0.4) is 0 Å². The number of halogens is 1. The van der Waals surface area contributed by atoms with Gasteiger partial charge in [0.2, 0.25) is 0 Å². The van der Waals surface area contributed by atoms with Crippen molar-refractivity contribution >= 4 is 17.5 Å². The Hall–Kier alpha value is -2.20. The van der Waals surface area contributed by atoms with E-state index in [1.165, 1.54) is 0 Å². The molecule has 0 aliphatic carbocycles. The molecule has 0 saturated heterocycles. The Morgan fingerprint density at radius 1 is 1.20 bits per heavy atom. The topological polar surface area (TPSA) is 47.6 Å². The zero-order valence-corrected chi connectivity index (χ0v) is 15.8. The van der Waals surface area contributed by atoms with Crippen molar-refractivity contribution in [3.8, 4) is 11.5 Å². The molecule has 0 bridgehead atoms. The number of aryl methyl sites for hydroxylation is 1. The molecule has 0 aliphatic heterocycles. The van der Waals surface area contributed by atoms with Gasteiger partial charge in [0.1, 0.15) is 18.1 Å². The molecule has 134 valence electrons. The fourth-order valence-corrected chi connectivity index (χ4v) is 2.74. The van der Waals surface area contributed by atoms with Crippen LogP contribution in [-0.2, 0) is 0 Å². The van der Waals surface area contributed by atoms with Crippen LogP contribution in [0, 0.1) is 6.92 Å². The van der Waals surface area contributed by atoms with Crippen LogP contribution in [0.5, 0.6) is 11.5 Å². The first-order valence-electron chi connectivity index (χ1n) is 8.28. The first-order valence-corrected chi connectivity index (χ1v) is 8.66. The van der Waals surface area contributed by atoms with Crippen molar-refractivity contribution in [3.05, 3.63) is 58.1 Å². The van der Waals surface area contributed by atoms with Crippen molar-refractivity contribution in [1.29, 1.82) is 0 Å². The quantitative estimate of drug-likeness (QED) is 0.734. The highest BCUT2D eigenvalue weighted by molar-refractivity contribution is 6.32. The molecule has 0 aromatic heterocycles. The van der Waals surface area contributed by atoms with Crippen LogP contribution in [0.25, 0.3) is 0 Å². The summed E-state index contributed by atoms with van der Waals surface area (Å²) in [4.78, 5) is 12.5. The van der Waals surface area contributed by atoms with Crippen LogP contribution >= 0.6 is 11.6 Å². The summed E-state index contributed by atoms with van der Waals surface area (Å²) in [5.41, 5.74) is 2.55. The molecule has 1 N–H and O–H groups in total. The third kappa shape index (κ3) is 4.89. The van der Waals surface area contributed by atoms with Gasteiger partial charge < -0.3 is 14.8 Å². The predicted octanol–water partition coefficient (Wildman–Crippen LogP) is 4.59. The maximum Gasteiger partial charge on any atom is 0.251 e. The number of carbonyl (C=O) groups excluding carboxylic acids is 1. The van der Waals surface area contributed by atoms with Gasteiger partial charge in [-0.05, 0) is 48.2 Å². The van der Waals surface area contributed by atoms with E-state index in [-0.39, 0.29) is 11.8 Å². The Labute approximate surface area is 154 Å². The molecule has 5 heteroatoms. The second-order valence-corrected chi connectivity index (χ2v) is 6.51. The van der Waals surface area contributed by atoms with Gasteiger partial charge in [-0.25, -0.2) is 0 Å². The number of carbonyl (C=O) groups is 1. The standard InChI is InChI=1S/C20H24ClNO3/c1-13(2)15-12-16(14(3)11-19(15)24-4)20(23)22-9-10-25-18-8-6-5-7-17(18)21/h5-8,11-13H,9-10H2,1-4H3,(H,22,23). The van der Waals surface area contributed by atoms with E-state index >= 15 is 0 Å². The van der Waals surface area contributed by atoms with Gasteiger partial charge >= 0.3 is 0 Å². The van der Waals surface area contributed by atoms with Gasteiger partial charge in [0.05, 0.1) is 18.7 Å². The van der Waals surface area contributed by atoms with Crippen molar-refractivity contribution in [2.24, 2.45) is 0 Å². The molecule has 0 radical (unpaired) electrons. The van der Waals surface area contributed by atoms with Crippen LogP contribution in [0.2, 0.25) is 5.02 Å². The Morgan fingerprint density at radius 3 is 2.56 bits per heavy atom. The van der Waals surface area contributed by atoms with Crippen molar-refractivity contribution in [2.45, 2.75) is 26.7 Å². The zero-order chi connectivity index (χ0) is 18.4. The van der Waals surface area contributed by atoms with E-state index in [2.05, 4.69) is 19.2 Å². The van der Waals surface area contributed by atoms with Crippen molar-refractivity contribution in [2.75, 3.05) is 20.3 Å². The molecule has 2 rings (SSSR count). The summed E-state index contributed by atoms with van der Waals surface area (Å²) in [5.74, 6) is 1.57. The molecule has 4 nitrogen and oxygen atoms in total. The van der Waals surface area contributed by atoms with Crippen LogP contribution in [0.15, 0.2) is 36.4 Å².